The molecule has 1 N–H and O–H groups in total. The fourth-order valence-electron chi connectivity index (χ4n) is 8.46. The van der Waals surface area contributed by atoms with Gasteiger partial charge < -0.3 is 14.6 Å². The van der Waals surface area contributed by atoms with E-state index in [1.165, 1.54) is 0 Å². The summed E-state index contributed by atoms with van der Waals surface area (Å²) in [5.74, 6) is -0.797. The van der Waals surface area contributed by atoms with Crippen LogP contribution in [-0.2, 0) is 38.3 Å². The highest BCUT2D eigenvalue weighted by molar-refractivity contribution is 6.00. The highest BCUT2D eigenvalue weighted by Crippen LogP contribution is 2.43. The summed E-state index contributed by atoms with van der Waals surface area (Å²) in [6.07, 6.45) is 4.85. The van der Waals surface area contributed by atoms with Crippen molar-refractivity contribution in [1.29, 1.82) is 0 Å². The fourth-order valence-corrected chi connectivity index (χ4v) is 8.46. The second-order valence-corrected chi connectivity index (χ2v) is 18.1. The Morgan fingerprint density at radius 2 is 1.12 bits per heavy atom. The smallest absolute Gasteiger partial charge is 0.324 e. The molecule has 0 unspecified atom stereocenters. The van der Waals surface area contributed by atoms with Crippen LogP contribution in [0.4, 0.5) is 0 Å². The number of allylic oxidation sites excluding steroid dienone is 2. The second-order valence-electron chi connectivity index (χ2n) is 18.1. The van der Waals surface area contributed by atoms with Crippen molar-refractivity contribution in [2.24, 2.45) is 5.41 Å². The predicted octanol–water partition coefficient (Wildman–Crippen LogP) is 8.74. The first-order valence-corrected chi connectivity index (χ1v) is 18.4. The molecular formula is C42H68N2O5. The van der Waals surface area contributed by atoms with E-state index < -0.39 is 17.4 Å². The molecule has 0 aliphatic carbocycles. The molecule has 0 radical (unpaired) electrons. The van der Waals surface area contributed by atoms with Crippen molar-refractivity contribution in [1.82, 2.24) is 9.80 Å². The quantitative estimate of drug-likeness (QED) is 0.127. The molecule has 1 aromatic rings. The van der Waals surface area contributed by atoms with Crippen LogP contribution >= 0.6 is 0 Å². The van der Waals surface area contributed by atoms with Crippen molar-refractivity contribution in [3.05, 3.63) is 53.1 Å². The molecule has 2 heterocycles. The van der Waals surface area contributed by atoms with Gasteiger partial charge in [-0.1, -0.05) is 56.2 Å². The number of carbonyl (C=O) groups is 2. The molecule has 0 atom stereocenters. The van der Waals surface area contributed by atoms with Gasteiger partial charge in [-0.15, -0.1) is 0 Å². The van der Waals surface area contributed by atoms with Crippen molar-refractivity contribution >= 4 is 11.9 Å². The molecule has 0 amide bonds. The van der Waals surface area contributed by atoms with Crippen LogP contribution in [0.25, 0.3) is 0 Å². The van der Waals surface area contributed by atoms with Crippen LogP contribution in [-0.4, -0.2) is 75.3 Å². The van der Waals surface area contributed by atoms with Gasteiger partial charge in [-0.25, -0.2) is 0 Å². The summed E-state index contributed by atoms with van der Waals surface area (Å²) in [7, 11) is 4.25. The Balaban J connectivity index is 2.16. The predicted molar refractivity (Wildman–Crippen MR) is 201 cm³/mol. The van der Waals surface area contributed by atoms with Crippen molar-refractivity contribution in [3.8, 4) is 5.75 Å². The van der Waals surface area contributed by atoms with Gasteiger partial charge in [0, 0.05) is 47.8 Å². The lowest BCUT2D eigenvalue weighted by atomic mass is 9.75. The van der Waals surface area contributed by atoms with Crippen molar-refractivity contribution < 1.29 is 24.2 Å². The van der Waals surface area contributed by atoms with Crippen LogP contribution in [0.3, 0.4) is 0 Å². The molecule has 2 saturated heterocycles. The normalized spacial score (nSPS) is 21.2. The van der Waals surface area contributed by atoms with Crippen molar-refractivity contribution in [2.45, 2.75) is 175 Å². The van der Waals surface area contributed by atoms with Gasteiger partial charge in [-0.05, 0) is 126 Å². The monoisotopic (exact) mass is 681 g/mol. The molecule has 2 aliphatic rings. The van der Waals surface area contributed by atoms with Gasteiger partial charge in [-0.3, -0.25) is 19.4 Å². The zero-order chi connectivity index (χ0) is 37.3. The first kappa shape index (κ1) is 40.8. The molecule has 276 valence electrons. The van der Waals surface area contributed by atoms with E-state index in [0.29, 0.717) is 51.4 Å². The third-order valence-corrected chi connectivity index (χ3v) is 11.6. The summed E-state index contributed by atoms with van der Waals surface area (Å²) in [4.78, 5) is 34.5. The van der Waals surface area contributed by atoms with Crippen LogP contribution in [0.1, 0.15) is 138 Å². The zero-order valence-electron chi connectivity index (χ0n) is 33.3. The van der Waals surface area contributed by atoms with Gasteiger partial charge in [0.05, 0.1) is 0 Å². The molecule has 0 saturated carbocycles. The molecule has 1 aromatic carbocycles. The number of ether oxygens (including phenoxy) is 2. The van der Waals surface area contributed by atoms with Gasteiger partial charge in [0.15, 0.2) is 5.41 Å². The van der Waals surface area contributed by atoms with E-state index in [1.807, 2.05) is 26.0 Å². The van der Waals surface area contributed by atoms with Crippen LogP contribution in [0, 0.1) is 5.41 Å². The Morgan fingerprint density at radius 1 is 0.776 bits per heavy atom. The molecule has 0 spiro atoms. The molecule has 2 fully saturated rings. The minimum atomic E-state index is -1.55. The van der Waals surface area contributed by atoms with E-state index in [-0.39, 0.29) is 46.5 Å². The first-order chi connectivity index (χ1) is 22.4. The van der Waals surface area contributed by atoms with E-state index in [0.717, 1.165) is 34.3 Å². The maximum absolute atomic E-state index is 14.9. The van der Waals surface area contributed by atoms with E-state index in [2.05, 4.69) is 99.4 Å². The van der Waals surface area contributed by atoms with Crippen LogP contribution in [0.5, 0.6) is 5.75 Å². The molecule has 7 nitrogen and oxygen atoms in total. The Bertz CT molecular complexity index is 1270. The number of likely N-dealkylation sites (tertiary alicyclic amines) is 2. The number of benzene rings is 1. The third kappa shape index (κ3) is 9.38. The topological polar surface area (TPSA) is 79.3 Å². The number of aromatic hydroxyl groups is 1. The van der Waals surface area contributed by atoms with Gasteiger partial charge in [0.1, 0.15) is 18.0 Å². The maximum Gasteiger partial charge on any atom is 0.324 e. The number of esters is 2. The minimum Gasteiger partial charge on any atom is -0.507 e. The zero-order valence-corrected chi connectivity index (χ0v) is 33.3. The number of phenolic OH excluding ortho intramolecular Hbond substituents is 1. The first-order valence-electron chi connectivity index (χ1n) is 18.4. The lowest BCUT2D eigenvalue weighted by Gasteiger charge is -2.53. The Kier molecular flexibility index (Phi) is 12.4. The van der Waals surface area contributed by atoms with E-state index >= 15 is 0 Å². The summed E-state index contributed by atoms with van der Waals surface area (Å²) in [6, 6.07) is 3.85. The van der Waals surface area contributed by atoms with Crippen molar-refractivity contribution in [2.75, 3.05) is 14.1 Å². The number of hydrogen-bond donors (Lipinski definition) is 1. The Labute approximate surface area is 298 Å². The van der Waals surface area contributed by atoms with Crippen molar-refractivity contribution in [3.63, 3.8) is 0 Å². The van der Waals surface area contributed by atoms with Gasteiger partial charge >= 0.3 is 11.9 Å². The van der Waals surface area contributed by atoms with E-state index in [4.69, 9.17) is 9.47 Å². The molecule has 0 bridgehead atoms. The molecule has 7 heteroatoms. The number of carbonyl (C=O) groups excluding carboxylic acids is 2. The lowest BCUT2D eigenvalue weighted by Crippen LogP contribution is -2.61. The Morgan fingerprint density at radius 3 is 1.43 bits per heavy atom. The third-order valence-electron chi connectivity index (χ3n) is 11.6. The lowest BCUT2D eigenvalue weighted by molar-refractivity contribution is -0.188. The molecule has 49 heavy (non-hydrogen) atoms. The van der Waals surface area contributed by atoms with Gasteiger partial charge in [0.2, 0.25) is 0 Å². The summed E-state index contributed by atoms with van der Waals surface area (Å²) < 4.78 is 13.0. The second kappa shape index (κ2) is 14.9. The van der Waals surface area contributed by atoms with Gasteiger partial charge in [-0.2, -0.15) is 0 Å². The summed E-state index contributed by atoms with van der Waals surface area (Å²) >= 11 is 0. The average molecular weight is 681 g/mol. The largest absolute Gasteiger partial charge is 0.507 e. The highest BCUT2D eigenvalue weighted by Gasteiger charge is 2.53. The molecule has 2 aliphatic heterocycles. The average Bonchev–Trinajstić information content (AvgIpc) is 2.93. The number of unbranched alkanes of at least 4 members (excludes halogenated alkanes) is 1. The maximum atomic E-state index is 14.9. The SMILES string of the molecule is C=C(C)Cc1cc(CC(CCCC)(C(=O)OC2CC(C)(C)N(C)C(C)(C)C2)C(=O)OC2CC(C)(C)N(C)C(C)(C)C2)cc(CC(=C)C)c1O. The van der Waals surface area contributed by atoms with E-state index in [9.17, 15) is 14.7 Å². The summed E-state index contributed by atoms with van der Waals surface area (Å²) in [6.45, 7) is 31.5. The van der Waals surface area contributed by atoms with E-state index in [1.54, 1.807) is 0 Å². The number of phenols is 1. The fraction of sp³-hybridized carbons (Fsp3) is 0.714. The van der Waals surface area contributed by atoms with Crippen LogP contribution < -0.4 is 0 Å². The van der Waals surface area contributed by atoms with Crippen LogP contribution in [0.15, 0.2) is 36.4 Å². The summed E-state index contributed by atoms with van der Waals surface area (Å²) in [5.41, 5.74) is 1.72. The number of nitrogens with zero attached hydrogens (tertiary/aromatic N) is 2. The number of rotatable bonds is 13. The minimum absolute atomic E-state index is 0.121. The molecule has 3 rings (SSSR count). The standard InChI is InChI=1S/C42H68N2O5/c1-16-17-18-42(36(46)48-33-24-38(6,7)43(14)39(8,9)25-33,37(47)49-34-26-40(10,11)44(15)41(12,13)27-34)23-30-21-31(19-28(2)3)35(45)32(22-30)20-29(4)5/h21-22,33-34,45H,2,4,16-20,23-27H2,1,3,5-15H3. The highest BCUT2D eigenvalue weighted by atomic mass is 16.6. The Hall–Kier alpha value is -2.64. The van der Waals surface area contributed by atoms with Crippen LogP contribution in [0.2, 0.25) is 0 Å². The van der Waals surface area contributed by atoms with Gasteiger partial charge in [0.25, 0.3) is 0 Å². The summed E-state index contributed by atoms with van der Waals surface area (Å²) in [5, 5.41) is 11.3. The molecule has 0 aromatic heterocycles. The number of hydrogen-bond acceptors (Lipinski definition) is 7. The molecular weight excluding hydrogens is 612 g/mol. The number of piperidine rings is 2.